The largest absolute Gasteiger partial charge is 0.348 e. The second kappa shape index (κ2) is 6.62. The Morgan fingerprint density at radius 1 is 1.44 bits per heavy atom. The van der Waals surface area contributed by atoms with Gasteiger partial charge in [0.05, 0.1) is 5.56 Å². The van der Waals surface area contributed by atoms with Crippen molar-refractivity contribution in [3.63, 3.8) is 0 Å². The number of carbonyl (C=O) groups excluding carboxylic acids is 1. The number of thioether (sulfide) groups is 1. The van der Waals surface area contributed by atoms with Crippen molar-refractivity contribution in [2.45, 2.75) is 37.5 Å². The highest BCUT2D eigenvalue weighted by molar-refractivity contribution is 9.10. The van der Waals surface area contributed by atoms with Gasteiger partial charge in [0.15, 0.2) is 0 Å². The highest BCUT2D eigenvalue weighted by Crippen LogP contribution is 2.30. The quantitative estimate of drug-likeness (QED) is 0.909. The van der Waals surface area contributed by atoms with Crippen molar-refractivity contribution in [1.82, 2.24) is 5.32 Å². The summed E-state index contributed by atoms with van der Waals surface area (Å²) in [6, 6.07) is 7.91. The van der Waals surface area contributed by atoms with Crippen LogP contribution in [-0.4, -0.2) is 23.0 Å². The molecule has 98 valence electrons. The van der Waals surface area contributed by atoms with Crippen LogP contribution in [0.2, 0.25) is 0 Å². The first kappa shape index (κ1) is 13.9. The lowest BCUT2D eigenvalue weighted by Gasteiger charge is -2.20. The molecule has 1 N–H and O–H groups in total. The Kier molecular flexibility index (Phi) is 5.13. The average molecular weight is 328 g/mol. The summed E-state index contributed by atoms with van der Waals surface area (Å²) in [5, 5.41) is 3.77. The summed E-state index contributed by atoms with van der Waals surface area (Å²) in [5.41, 5.74) is 0.727. The van der Waals surface area contributed by atoms with Crippen LogP contribution in [0, 0.1) is 0 Å². The molecule has 4 heteroatoms. The number of rotatable bonds is 4. The normalized spacial score (nSPS) is 23.0. The van der Waals surface area contributed by atoms with Crippen molar-refractivity contribution in [3.8, 4) is 0 Å². The van der Waals surface area contributed by atoms with Gasteiger partial charge in [0, 0.05) is 15.8 Å². The minimum absolute atomic E-state index is 0.0380. The molecule has 1 amide bonds. The standard InChI is InChI=1S/C14H18BrNOS/c1-2-18-13-9-5-8-12(13)16-14(17)10-6-3-4-7-11(10)15/h3-4,6-7,12-13H,2,5,8-9H2,1H3,(H,16,17). The van der Waals surface area contributed by atoms with Crippen LogP contribution in [0.3, 0.4) is 0 Å². The van der Waals surface area contributed by atoms with E-state index in [0.717, 1.165) is 22.2 Å². The predicted molar refractivity (Wildman–Crippen MR) is 81.2 cm³/mol. The van der Waals surface area contributed by atoms with Gasteiger partial charge >= 0.3 is 0 Å². The maximum Gasteiger partial charge on any atom is 0.252 e. The molecule has 2 atom stereocenters. The maximum atomic E-state index is 12.2. The number of hydrogen-bond donors (Lipinski definition) is 1. The van der Waals surface area contributed by atoms with Crippen molar-refractivity contribution < 1.29 is 4.79 Å². The van der Waals surface area contributed by atoms with Crippen molar-refractivity contribution >= 4 is 33.6 Å². The van der Waals surface area contributed by atoms with Crippen LogP contribution < -0.4 is 5.32 Å². The number of carbonyl (C=O) groups is 1. The molecule has 1 aliphatic carbocycles. The number of nitrogens with one attached hydrogen (secondary N) is 1. The summed E-state index contributed by atoms with van der Waals surface area (Å²) in [7, 11) is 0. The van der Waals surface area contributed by atoms with E-state index in [1.165, 1.54) is 12.8 Å². The third-order valence-electron chi connectivity index (χ3n) is 3.27. The Hall–Kier alpha value is -0.480. The number of amides is 1. The van der Waals surface area contributed by atoms with Crippen LogP contribution in [0.5, 0.6) is 0 Å². The first-order valence-corrected chi connectivity index (χ1v) is 8.23. The van der Waals surface area contributed by atoms with Crippen LogP contribution in [-0.2, 0) is 0 Å². The topological polar surface area (TPSA) is 29.1 Å². The summed E-state index contributed by atoms with van der Waals surface area (Å²) < 4.78 is 0.861. The monoisotopic (exact) mass is 327 g/mol. The zero-order valence-electron chi connectivity index (χ0n) is 10.5. The van der Waals surface area contributed by atoms with Crippen LogP contribution in [0.4, 0.5) is 0 Å². The molecular weight excluding hydrogens is 310 g/mol. The lowest BCUT2D eigenvalue weighted by atomic mass is 10.2. The van der Waals surface area contributed by atoms with Gasteiger partial charge in [0.2, 0.25) is 0 Å². The molecule has 0 aromatic heterocycles. The van der Waals surface area contributed by atoms with Crippen LogP contribution >= 0.6 is 27.7 Å². The van der Waals surface area contributed by atoms with E-state index in [0.29, 0.717) is 11.3 Å². The number of halogens is 1. The molecule has 0 radical (unpaired) electrons. The third-order valence-corrected chi connectivity index (χ3v) is 5.29. The molecule has 18 heavy (non-hydrogen) atoms. The minimum atomic E-state index is 0.0380. The predicted octanol–water partition coefficient (Wildman–Crippen LogP) is 3.85. The smallest absolute Gasteiger partial charge is 0.252 e. The zero-order valence-corrected chi connectivity index (χ0v) is 12.9. The Bertz CT molecular complexity index is 424. The van der Waals surface area contributed by atoms with Crippen molar-refractivity contribution in [2.24, 2.45) is 0 Å². The van der Waals surface area contributed by atoms with Gasteiger partial charge in [-0.1, -0.05) is 25.5 Å². The van der Waals surface area contributed by atoms with Crippen molar-refractivity contribution in [1.29, 1.82) is 0 Å². The van der Waals surface area contributed by atoms with Gasteiger partial charge < -0.3 is 5.32 Å². The summed E-state index contributed by atoms with van der Waals surface area (Å²) in [4.78, 5) is 12.2. The van der Waals surface area contributed by atoms with E-state index in [-0.39, 0.29) is 5.91 Å². The van der Waals surface area contributed by atoms with E-state index >= 15 is 0 Å². The van der Waals surface area contributed by atoms with Crippen LogP contribution in [0.1, 0.15) is 36.5 Å². The molecular formula is C14H18BrNOS. The molecule has 1 aliphatic rings. The molecule has 2 rings (SSSR count). The van der Waals surface area contributed by atoms with Crippen LogP contribution in [0.25, 0.3) is 0 Å². The van der Waals surface area contributed by atoms with Gasteiger partial charge in [-0.15, -0.1) is 0 Å². The maximum absolute atomic E-state index is 12.2. The van der Waals surface area contributed by atoms with Gasteiger partial charge in [-0.3, -0.25) is 4.79 Å². The molecule has 0 bridgehead atoms. The Labute approximate surface area is 121 Å². The summed E-state index contributed by atoms with van der Waals surface area (Å²) in [6.07, 6.45) is 3.55. The summed E-state index contributed by atoms with van der Waals surface area (Å²) in [6.45, 7) is 2.18. The fourth-order valence-corrected chi connectivity index (χ4v) is 4.06. The van der Waals surface area contributed by atoms with Crippen LogP contribution in [0.15, 0.2) is 28.7 Å². The molecule has 0 aliphatic heterocycles. The molecule has 1 saturated carbocycles. The lowest BCUT2D eigenvalue weighted by molar-refractivity contribution is 0.0938. The second-order valence-electron chi connectivity index (χ2n) is 4.48. The minimum Gasteiger partial charge on any atom is -0.348 e. The second-order valence-corrected chi connectivity index (χ2v) is 6.86. The van der Waals surface area contributed by atoms with Crippen molar-refractivity contribution in [2.75, 3.05) is 5.75 Å². The Morgan fingerprint density at radius 2 is 2.22 bits per heavy atom. The van der Waals surface area contributed by atoms with E-state index < -0.39 is 0 Å². The fraction of sp³-hybridized carbons (Fsp3) is 0.500. The highest BCUT2D eigenvalue weighted by Gasteiger charge is 2.28. The van der Waals surface area contributed by atoms with Crippen molar-refractivity contribution in [3.05, 3.63) is 34.3 Å². The molecule has 0 saturated heterocycles. The van der Waals surface area contributed by atoms with Gasteiger partial charge in [-0.25, -0.2) is 0 Å². The Morgan fingerprint density at radius 3 is 2.94 bits per heavy atom. The third kappa shape index (κ3) is 3.29. The summed E-state index contributed by atoms with van der Waals surface area (Å²) in [5.74, 6) is 1.16. The van der Waals surface area contributed by atoms with E-state index in [1.54, 1.807) is 0 Å². The first-order valence-electron chi connectivity index (χ1n) is 6.39. The van der Waals surface area contributed by atoms with E-state index in [4.69, 9.17) is 0 Å². The number of benzene rings is 1. The molecule has 0 heterocycles. The van der Waals surface area contributed by atoms with E-state index in [9.17, 15) is 4.79 Å². The van der Waals surface area contributed by atoms with Gasteiger partial charge in [-0.05, 0) is 46.7 Å². The number of hydrogen-bond acceptors (Lipinski definition) is 2. The molecule has 1 fully saturated rings. The highest BCUT2D eigenvalue weighted by atomic mass is 79.9. The molecule has 1 aromatic carbocycles. The average Bonchev–Trinajstić information content (AvgIpc) is 2.78. The first-order chi connectivity index (χ1) is 8.72. The van der Waals surface area contributed by atoms with Gasteiger partial charge in [-0.2, -0.15) is 11.8 Å². The SMILES string of the molecule is CCSC1CCCC1NC(=O)c1ccccc1Br. The molecule has 0 spiro atoms. The van der Waals surface area contributed by atoms with Gasteiger partial charge in [0.25, 0.3) is 5.91 Å². The van der Waals surface area contributed by atoms with Gasteiger partial charge in [0.1, 0.15) is 0 Å². The van der Waals surface area contributed by atoms with E-state index in [2.05, 4.69) is 28.2 Å². The Balaban J connectivity index is 2.01. The zero-order chi connectivity index (χ0) is 13.0. The molecule has 2 nitrogen and oxygen atoms in total. The molecule has 2 unspecified atom stereocenters. The molecule has 1 aromatic rings. The van der Waals surface area contributed by atoms with E-state index in [1.807, 2.05) is 36.0 Å². The lowest BCUT2D eigenvalue weighted by Crippen LogP contribution is -2.38. The summed E-state index contributed by atoms with van der Waals surface area (Å²) >= 11 is 5.39. The fourth-order valence-electron chi connectivity index (χ4n) is 2.40.